The van der Waals surface area contributed by atoms with E-state index in [4.69, 9.17) is 9.90 Å². The number of aromatic nitrogens is 4. The van der Waals surface area contributed by atoms with E-state index in [1.165, 1.54) is 11.0 Å². The first-order chi connectivity index (χ1) is 13.5. The number of amides is 3. The molecule has 11 heteroatoms. The molecule has 2 saturated heterocycles. The van der Waals surface area contributed by atoms with Crippen LogP contribution in [0.4, 0.5) is 4.79 Å². The van der Waals surface area contributed by atoms with Gasteiger partial charge in [0.1, 0.15) is 12.4 Å². The van der Waals surface area contributed by atoms with Gasteiger partial charge < -0.3 is 20.2 Å². The van der Waals surface area contributed by atoms with E-state index in [1.807, 2.05) is 30.3 Å². The lowest BCUT2D eigenvalue weighted by molar-refractivity contribution is -0.146. The van der Waals surface area contributed by atoms with E-state index in [0.717, 1.165) is 5.56 Å². The van der Waals surface area contributed by atoms with Crippen LogP contribution in [0.25, 0.3) is 0 Å². The van der Waals surface area contributed by atoms with Crippen molar-refractivity contribution in [2.24, 2.45) is 0 Å². The van der Waals surface area contributed by atoms with Crippen LogP contribution >= 0.6 is 0 Å². The topological polar surface area (TPSA) is 134 Å². The first-order valence-electron chi connectivity index (χ1n) is 8.65. The molecule has 1 spiro atoms. The lowest BCUT2D eigenvalue weighted by Gasteiger charge is -2.51. The molecule has 4 rings (SSSR count). The molecule has 2 aliphatic rings. The van der Waals surface area contributed by atoms with Gasteiger partial charge in [-0.25, -0.2) is 9.48 Å². The molecule has 1 aromatic heterocycles. The third kappa shape index (κ3) is 3.63. The molecule has 0 saturated carbocycles. The number of hydrogen-bond acceptors (Lipinski definition) is 6. The lowest BCUT2D eigenvalue weighted by atomic mass is 9.88. The van der Waals surface area contributed by atoms with Gasteiger partial charge in [-0.3, -0.25) is 9.59 Å². The molecule has 1 unspecified atom stereocenters. The molecular formula is C17H21N7O4. The van der Waals surface area contributed by atoms with Crippen LogP contribution in [0, 0.1) is 0 Å². The second kappa shape index (κ2) is 8.03. The monoisotopic (exact) mass is 387 g/mol. The number of carbonyl (C=O) groups excluding carboxylic acids is 2. The Hall–Kier alpha value is -3.50. The van der Waals surface area contributed by atoms with E-state index in [-0.39, 0.29) is 23.9 Å². The molecule has 2 N–H and O–H groups in total. The quantitative estimate of drug-likeness (QED) is 0.669. The maximum atomic E-state index is 13.0. The van der Waals surface area contributed by atoms with Crippen molar-refractivity contribution >= 4 is 18.4 Å². The largest absolute Gasteiger partial charge is 0.483 e. The Balaban J connectivity index is 0.000000706. The Morgan fingerprint density at radius 2 is 2.04 bits per heavy atom. The second-order valence-corrected chi connectivity index (χ2v) is 6.74. The maximum Gasteiger partial charge on any atom is 0.317 e. The molecule has 1 aromatic carbocycles. The fourth-order valence-electron chi connectivity index (χ4n) is 3.49. The van der Waals surface area contributed by atoms with Crippen LogP contribution in [0.1, 0.15) is 11.6 Å². The van der Waals surface area contributed by atoms with Crippen molar-refractivity contribution in [2.45, 2.75) is 18.0 Å². The van der Waals surface area contributed by atoms with Crippen LogP contribution in [0.2, 0.25) is 0 Å². The second-order valence-electron chi connectivity index (χ2n) is 6.74. The molecule has 0 radical (unpaired) electrons. The summed E-state index contributed by atoms with van der Waals surface area (Å²) in [6.07, 6.45) is 1.98. The normalized spacial score (nSPS) is 18.0. The summed E-state index contributed by atoms with van der Waals surface area (Å²) in [5.41, 5.74) is 0.756. The van der Waals surface area contributed by atoms with Crippen molar-refractivity contribution in [1.29, 1.82) is 0 Å². The van der Waals surface area contributed by atoms with Gasteiger partial charge in [-0.05, 0) is 16.0 Å². The zero-order chi connectivity index (χ0) is 20.1. The Bertz CT molecular complexity index is 821. The zero-order valence-corrected chi connectivity index (χ0v) is 15.3. The average Bonchev–Trinajstić information content (AvgIpc) is 3.29. The van der Waals surface area contributed by atoms with Gasteiger partial charge in [0.25, 0.3) is 6.47 Å². The molecule has 2 aliphatic heterocycles. The zero-order valence-electron chi connectivity index (χ0n) is 15.3. The predicted octanol–water partition coefficient (Wildman–Crippen LogP) is -0.606. The van der Waals surface area contributed by atoms with E-state index >= 15 is 0 Å². The highest BCUT2D eigenvalue weighted by Gasteiger charge is 2.54. The van der Waals surface area contributed by atoms with Gasteiger partial charge in [0.05, 0.1) is 5.54 Å². The number of hydrogen-bond donors (Lipinski definition) is 2. The van der Waals surface area contributed by atoms with Gasteiger partial charge in [-0.15, -0.1) is 5.10 Å². The van der Waals surface area contributed by atoms with Gasteiger partial charge >= 0.3 is 6.03 Å². The molecule has 0 aliphatic carbocycles. The molecule has 148 valence electrons. The van der Waals surface area contributed by atoms with E-state index in [1.54, 1.807) is 16.8 Å². The highest BCUT2D eigenvalue weighted by atomic mass is 16.3. The molecule has 28 heavy (non-hydrogen) atoms. The van der Waals surface area contributed by atoms with Gasteiger partial charge in [-0.1, -0.05) is 30.3 Å². The molecule has 3 heterocycles. The first kappa shape index (κ1) is 19.3. The summed E-state index contributed by atoms with van der Waals surface area (Å²) < 4.78 is 1.50. The molecule has 3 amide bonds. The predicted molar refractivity (Wildman–Crippen MR) is 96.2 cm³/mol. The molecule has 1 atom stereocenters. The highest BCUT2D eigenvalue weighted by molar-refractivity contribution is 5.84. The standard InChI is InChI=1S/C16H19N7O2.CH2O2/c1-21-15(25)17-8-16(21)9-22(10-16)14(24)13(23-11-18-19-20-23)7-12-5-3-2-4-6-12;2-1-3/h2-6,11,13H,7-10H2,1H3,(H,17,25);1H,(H,2,3). The Morgan fingerprint density at radius 1 is 1.36 bits per heavy atom. The van der Waals surface area contributed by atoms with Crippen molar-refractivity contribution in [1.82, 2.24) is 35.3 Å². The van der Waals surface area contributed by atoms with Crippen LogP contribution in [0.5, 0.6) is 0 Å². The fraction of sp³-hybridized carbons (Fsp3) is 0.412. The Morgan fingerprint density at radius 3 is 2.57 bits per heavy atom. The SMILES string of the molecule is CN1C(=O)NCC12CN(C(=O)C(Cc1ccccc1)n1cnnn1)C2.O=CO. The van der Waals surface area contributed by atoms with Crippen molar-refractivity contribution in [2.75, 3.05) is 26.7 Å². The molecule has 2 fully saturated rings. The summed E-state index contributed by atoms with van der Waals surface area (Å²) >= 11 is 0. The molecular weight excluding hydrogens is 366 g/mol. The Kier molecular flexibility index (Phi) is 5.52. The molecule has 0 bridgehead atoms. The van der Waals surface area contributed by atoms with Crippen LogP contribution in [0.3, 0.4) is 0 Å². The van der Waals surface area contributed by atoms with Crippen LogP contribution in [-0.4, -0.2) is 85.7 Å². The minimum Gasteiger partial charge on any atom is -0.483 e. The van der Waals surface area contributed by atoms with Crippen molar-refractivity contribution in [3.05, 3.63) is 42.2 Å². The average molecular weight is 387 g/mol. The third-order valence-corrected chi connectivity index (χ3v) is 5.11. The molecule has 11 nitrogen and oxygen atoms in total. The van der Waals surface area contributed by atoms with Crippen molar-refractivity contribution < 1.29 is 19.5 Å². The van der Waals surface area contributed by atoms with E-state index in [2.05, 4.69) is 20.8 Å². The highest BCUT2D eigenvalue weighted by Crippen LogP contribution is 2.32. The summed E-state index contributed by atoms with van der Waals surface area (Å²) in [7, 11) is 1.77. The number of nitrogens with zero attached hydrogens (tertiary/aromatic N) is 6. The minimum absolute atomic E-state index is 0.0328. The van der Waals surface area contributed by atoms with Crippen molar-refractivity contribution in [3.8, 4) is 0 Å². The first-order valence-corrected chi connectivity index (χ1v) is 8.65. The van der Waals surface area contributed by atoms with Gasteiger partial charge in [-0.2, -0.15) is 0 Å². The number of tetrazole rings is 1. The number of carboxylic acid groups (broad SMARTS) is 1. The minimum atomic E-state index is -0.495. The van der Waals surface area contributed by atoms with Gasteiger partial charge in [0.15, 0.2) is 0 Å². The van der Waals surface area contributed by atoms with Crippen LogP contribution in [0.15, 0.2) is 36.7 Å². The summed E-state index contributed by atoms with van der Waals surface area (Å²) in [4.78, 5) is 36.6. The number of urea groups is 1. The number of likely N-dealkylation sites (tertiary alicyclic amines) is 1. The number of carbonyl (C=O) groups is 3. The maximum absolute atomic E-state index is 13.0. The van der Waals surface area contributed by atoms with E-state index in [9.17, 15) is 9.59 Å². The van der Waals surface area contributed by atoms with E-state index in [0.29, 0.717) is 26.1 Å². The number of benzene rings is 1. The number of likely N-dealkylation sites (N-methyl/N-ethyl adjacent to an activating group) is 1. The van der Waals surface area contributed by atoms with Gasteiger partial charge in [0, 0.05) is 33.1 Å². The summed E-state index contributed by atoms with van der Waals surface area (Å²) in [6.45, 7) is 1.36. The lowest BCUT2D eigenvalue weighted by Crippen LogP contribution is -2.70. The Labute approximate surface area is 160 Å². The summed E-state index contributed by atoms with van der Waals surface area (Å²) in [5.74, 6) is -0.0328. The van der Waals surface area contributed by atoms with Gasteiger partial charge in [0.2, 0.25) is 5.91 Å². The third-order valence-electron chi connectivity index (χ3n) is 5.11. The van der Waals surface area contributed by atoms with E-state index < -0.39 is 6.04 Å². The number of nitrogens with one attached hydrogen (secondary N) is 1. The fourth-order valence-corrected chi connectivity index (χ4v) is 3.49. The van der Waals surface area contributed by atoms with Crippen LogP contribution in [-0.2, 0) is 16.0 Å². The van der Waals surface area contributed by atoms with Crippen LogP contribution < -0.4 is 5.32 Å². The van der Waals surface area contributed by atoms with Crippen molar-refractivity contribution in [3.63, 3.8) is 0 Å². The summed E-state index contributed by atoms with van der Waals surface area (Å²) in [5, 5.41) is 21.0. The number of rotatable bonds is 4. The molecule has 2 aromatic rings. The smallest absolute Gasteiger partial charge is 0.317 e. The summed E-state index contributed by atoms with van der Waals surface area (Å²) in [6, 6.07) is 9.21.